The monoisotopic (exact) mass is 198 g/mol. The normalized spacial score (nSPS) is 10.1. The number of carbonyl (C=O) groups excluding carboxylic acids is 1. The Hall–Kier alpha value is -1.43. The number of ether oxygens (including phenoxy) is 1. The van der Waals surface area contributed by atoms with E-state index in [1.54, 1.807) is 7.11 Å². The first-order valence-electron chi connectivity index (χ1n) is 4.41. The van der Waals surface area contributed by atoms with Crippen LogP contribution in [0.4, 0.5) is 0 Å². The van der Waals surface area contributed by atoms with Crippen molar-refractivity contribution in [2.24, 2.45) is 0 Å². The SMILES string of the molecule is COCCCNC(=O)Cn1cncn1. The van der Waals surface area contributed by atoms with Gasteiger partial charge in [-0.25, -0.2) is 9.67 Å². The fourth-order valence-electron chi connectivity index (χ4n) is 0.962. The average Bonchev–Trinajstić information content (AvgIpc) is 2.65. The number of rotatable bonds is 6. The lowest BCUT2D eigenvalue weighted by atomic mass is 10.4. The van der Waals surface area contributed by atoms with Gasteiger partial charge < -0.3 is 10.1 Å². The molecule has 0 bridgehead atoms. The first-order chi connectivity index (χ1) is 6.83. The number of amides is 1. The molecule has 0 fully saturated rings. The van der Waals surface area contributed by atoms with Crippen LogP contribution in [-0.4, -0.2) is 40.9 Å². The molecule has 1 rings (SSSR count). The Kier molecular flexibility index (Phi) is 4.63. The van der Waals surface area contributed by atoms with Crippen molar-refractivity contribution < 1.29 is 9.53 Å². The summed E-state index contributed by atoms with van der Waals surface area (Å²) in [5, 5.41) is 6.57. The summed E-state index contributed by atoms with van der Waals surface area (Å²) < 4.78 is 6.33. The van der Waals surface area contributed by atoms with E-state index in [-0.39, 0.29) is 12.5 Å². The van der Waals surface area contributed by atoms with Crippen LogP contribution in [0, 0.1) is 0 Å². The first kappa shape index (κ1) is 10.6. The number of carbonyl (C=O) groups is 1. The summed E-state index contributed by atoms with van der Waals surface area (Å²) in [6.07, 6.45) is 3.73. The van der Waals surface area contributed by atoms with Gasteiger partial charge in [0.25, 0.3) is 0 Å². The van der Waals surface area contributed by atoms with Gasteiger partial charge in [0.1, 0.15) is 19.2 Å². The minimum atomic E-state index is -0.0633. The van der Waals surface area contributed by atoms with E-state index in [0.29, 0.717) is 13.2 Å². The summed E-state index contributed by atoms with van der Waals surface area (Å²) in [6, 6.07) is 0. The molecule has 0 atom stereocenters. The first-order valence-corrected chi connectivity index (χ1v) is 4.41. The largest absolute Gasteiger partial charge is 0.385 e. The molecule has 78 valence electrons. The van der Waals surface area contributed by atoms with Crippen molar-refractivity contribution >= 4 is 5.91 Å². The van der Waals surface area contributed by atoms with Crippen molar-refractivity contribution in [1.82, 2.24) is 20.1 Å². The van der Waals surface area contributed by atoms with E-state index in [1.165, 1.54) is 17.3 Å². The highest BCUT2D eigenvalue weighted by Gasteiger charge is 2.01. The van der Waals surface area contributed by atoms with Gasteiger partial charge in [-0.2, -0.15) is 5.10 Å². The Morgan fingerprint density at radius 1 is 1.64 bits per heavy atom. The maximum Gasteiger partial charge on any atom is 0.241 e. The van der Waals surface area contributed by atoms with Crippen LogP contribution in [0.3, 0.4) is 0 Å². The zero-order valence-corrected chi connectivity index (χ0v) is 8.14. The summed E-state index contributed by atoms with van der Waals surface area (Å²) in [5.74, 6) is -0.0633. The molecule has 0 aliphatic heterocycles. The number of nitrogens with zero attached hydrogens (tertiary/aromatic N) is 3. The van der Waals surface area contributed by atoms with Gasteiger partial charge in [-0.15, -0.1) is 0 Å². The molecule has 6 nitrogen and oxygen atoms in total. The van der Waals surface area contributed by atoms with Crippen LogP contribution in [-0.2, 0) is 16.1 Å². The van der Waals surface area contributed by atoms with E-state index in [0.717, 1.165) is 6.42 Å². The van der Waals surface area contributed by atoms with Gasteiger partial charge in [-0.1, -0.05) is 0 Å². The van der Waals surface area contributed by atoms with Gasteiger partial charge >= 0.3 is 0 Å². The molecular formula is C8H14N4O2. The zero-order valence-electron chi connectivity index (χ0n) is 8.14. The molecule has 0 aliphatic rings. The van der Waals surface area contributed by atoms with Gasteiger partial charge in [0, 0.05) is 20.3 Å². The molecule has 1 heterocycles. The highest BCUT2D eigenvalue weighted by atomic mass is 16.5. The molecule has 0 unspecified atom stereocenters. The number of aromatic nitrogens is 3. The predicted octanol–water partition coefficient (Wildman–Crippen LogP) is -0.569. The molecule has 14 heavy (non-hydrogen) atoms. The highest BCUT2D eigenvalue weighted by molar-refractivity contribution is 5.75. The second-order valence-corrected chi connectivity index (χ2v) is 2.79. The molecule has 6 heteroatoms. The standard InChI is InChI=1S/C8H14N4O2/c1-14-4-2-3-10-8(13)5-12-7-9-6-11-12/h6-7H,2-5H2,1H3,(H,10,13). The van der Waals surface area contributed by atoms with E-state index in [4.69, 9.17) is 4.74 Å². The topological polar surface area (TPSA) is 69.0 Å². The van der Waals surface area contributed by atoms with Crippen molar-refractivity contribution in [2.45, 2.75) is 13.0 Å². The van der Waals surface area contributed by atoms with Gasteiger partial charge in [0.15, 0.2) is 0 Å². The number of hydrogen-bond acceptors (Lipinski definition) is 4. The third-order valence-electron chi connectivity index (χ3n) is 1.62. The maximum absolute atomic E-state index is 11.2. The molecule has 1 amide bonds. The van der Waals surface area contributed by atoms with Gasteiger partial charge in [0.2, 0.25) is 5.91 Å². The van der Waals surface area contributed by atoms with Crippen molar-refractivity contribution in [3.8, 4) is 0 Å². The number of nitrogens with one attached hydrogen (secondary N) is 1. The third kappa shape index (κ3) is 3.99. The van der Waals surface area contributed by atoms with Crippen LogP contribution in [0.15, 0.2) is 12.7 Å². The lowest BCUT2D eigenvalue weighted by molar-refractivity contribution is -0.121. The Bertz CT molecular complexity index is 260. The quantitative estimate of drug-likeness (QED) is 0.621. The van der Waals surface area contributed by atoms with Gasteiger partial charge in [0.05, 0.1) is 0 Å². The smallest absolute Gasteiger partial charge is 0.241 e. The van der Waals surface area contributed by atoms with Crippen LogP contribution in [0.25, 0.3) is 0 Å². The second kappa shape index (κ2) is 6.09. The Morgan fingerprint density at radius 3 is 3.14 bits per heavy atom. The molecule has 0 aromatic carbocycles. The second-order valence-electron chi connectivity index (χ2n) is 2.79. The fourth-order valence-corrected chi connectivity index (χ4v) is 0.962. The molecule has 0 saturated heterocycles. The summed E-state index contributed by atoms with van der Waals surface area (Å²) in [7, 11) is 1.64. The molecule has 1 aromatic rings. The maximum atomic E-state index is 11.2. The summed E-state index contributed by atoms with van der Waals surface area (Å²) in [5.41, 5.74) is 0. The van der Waals surface area contributed by atoms with Crippen LogP contribution >= 0.6 is 0 Å². The summed E-state index contributed by atoms with van der Waals surface area (Å²) >= 11 is 0. The highest BCUT2D eigenvalue weighted by Crippen LogP contribution is 1.82. The molecule has 1 aromatic heterocycles. The zero-order chi connectivity index (χ0) is 10.2. The van der Waals surface area contributed by atoms with Crippen molar-refractivity contribution in [3.63, 3.8) is 0 Å². The molecule has 1 N–H and O–H groups in total. The van der Waals surface area contributed by atoms with Crippen molar-refractivity contribution in [1.29, 1.82) is 0 Å². The number of methoxy groups -OCH3 is 1. The molecule has 0 saturated carbocycles. The van der Waals surface area contributed by atoms with Gasteiger partial charge in [-0.05, 0) is 6.42 Å². The Labute approximate surface area is 82.3 Å². The fraction of sp³-hybridized carbons (Fsp3) is 0.625. The van der Waals surface area contributed by atoms with E-state index in [1.807, 2.05) is 0 Å². The Balaban J connectivity index is 2.11. The number of hydrogen-bond donors (Lipinski definition) is 1. The van der Waals surface area contributed by atoms with E-state index >= 15 is 0 Å². The molecular weight excluding hydrogens is 184 g/mol. The third-order valence-corrected chi connectivity index (χ3v) is 1.62. The lowest BCUT2D eigenvalue weighted by Crippen LogP contribution is -2.29. The minimum Gasteiger partial charge on any atom is -0.385 e. The summed E-state index contributed by atoms with van der Waals surface area (Å²) in [6.45, 7) is 1.50. The van der Waals surface area contributed by atoms with E-state index < -0.39 is 0 Å². The predicted molar refractivity (Wildman–Crippen MR) is 49.5 cm³/mol. The van der Waals surface area contributed by atoms with Crippen LogP contribution < -0.4 is 5.32 Å². The van der Waals surface area contributed by atoms with Crippen molar-refractivity contribution in [3.05, 3.63) is 12.7 Å². The van der Waals surface area contributed by atoms with Crippen LogP contribution in [0.1, 0.15) is 6.42 Å². The average molecular weight is 198 g/mol. The Morgan fingerprint density at radius 2 is 2.50 bits per heavy atom. The molecule has 0 aliphatic carbocycles. The lowest BCUT2D eigenvalue weighted by Gasteiger charge is -2.03. The molecule has 0 radical (unpaired) electrons. The minimum absolute atomic E-state index is 0.0633. The molecule has 0 spiro atoms. The van der Waals surface area contributed by atoms with Crippen molar-refractivity contribution in [2.75, 3.05) is 20.3 Å². The van der Waals surface area contributed by atoms with Gasteiger partial charge in [-0.3, -0.25) is 4.79 Å². The van der Waals surface area contributed by atoms with Crippen LogP contribution in [0.2, 0.25) is 0 Å². The summed E-state index contributed by atoms with van der Waals surface area (Å²) in [4.78, 5) is 15.0. The van der Waals surface area contributed by atoms with E-state index in [9.17, 15) is 4.79 Å². The van der Waals surface area contributed by atoms with E-state index in [2.05, 4.69) is 15.4 Å². The van der Waals surface area contributed by atoms with Crippen LogP contribution in [0.5, 0.6) is 0 Å².